The second-order valence-electron chi connectivity index (χ2n) is 22.4. The second-order valence-corrected chi connectivity index (χ2v) is 22.4. The lowest BCUT2D eigenvalue weighted by Gasteiger charge is -2.45. The molecule has 1 aromatic rings. The van der Waals surface area contributed by atoms with Crippen molar-refractivity contribution >= 4 is 29.1 Å². The summed E-state index contributed by atoms with van der Waals surface area (Å²) >= 11 is 0. The number of hydrogen-bond donors (Lipinski definition) is 3. The zero-order chi connectivity index (χ0) is 52.3. The lowest BCUT2D eigenvalue weighted by atomic mass is 9.78. The number of carbonyl (C=O) groups excluding carboxylic acids is 4. The van der Waals surface area contributed by atoms with E-state index in [4.69, 9.17) is 18.9 Å². The number of fused-ring (bicyclic) bond motifs is 4. The maximum absolute atomic E-state index is 14.6. The van der Waals surface area contributed by atoms with Crippen LogP contribution >= 0.6 is 0 Å². The van der Waals surface area contributed by atoms with Crippen LogP contribution in [0.25, 0.3) is 0 Å². The minimum atomic E-state index is -2.39. The Morgan fingerprint density at radius 3 is 2.28 bits per heavy atom. The van der Waals surface area contributed by atoms with E-state index in [0.717, 1.165) is 43.5 Å². The van der Waals surface area contributed by atoms with Gasteiger partial charge in [-0.05, 0) is 151 Å². The average molecular weight is 1000 g/mol. The zero-order valence-corrected chi connectivity index (χ0v) is 44.9. The van der Waals surface area contributed by atoms with Gasteiger partial charge >= 0.3 is 5.97 Å². The number of aliphatic hydroxyl groups excluding tert-OH is 2. The first kappa shape index (κ1) is 57.3. The van der Waals surface area contributed by atoms with Crippen molar-refractivity contribution in [2.75, 3.05) is 32.2 Å². The Hall–Kier alpha value is -3.98. The molecule has 2 saturated heterocycles. The van der Waals surface area contributed by atoms with Gasteiger partial charge in [0.2, 0.25) is 5.79 Å². The largest absolute Gasteiger partial charge is 0.461 e. The number of aliphatic hydroxyl groups is 3. The van der Waals surface area contributed by atoms with Gasteiger partial charge in [0.15, 0.2) is 5.78 Å². The Bertz CT molecular complexity index is 2120. The van der Waals surface area contributed by atoms with E-state index in [1.165, 1.54) is 17.6 Å². The molecule has 1 amide bonds. The summed E-state index contributed by atoms with van der Waals surface area (Å²) in [6.07, 6.45) is 17.5. The van der Waals surface area contributed by atoms with Gasteiger partial charge in [-0.15, -0.1) is 0 Å². The number of anilines is 1. The molecule has 4 aliphatic heterocycles. The van der Waals surface area contributed by atoms with Gasteiger partial charge in [0, 0.05) is 44.8 Å². The van der Waals surface area contributed by atoms with Crippen LogP contribution in [0.3, 0.4) is 0 Å². The lowest BCUT2D eigenvalue weighted by Crippen LogP contribution is -2.61. The van der Waals surface area contributed by atoms with Crippen molar-refractivity contribution in [3.63, 3.8) is 0 Å². The molecule has 0 radical (unpaired) electrons. The van der Waals surface area contributed by atoms with Gasteiger partial charge in [0.25, 0.3) is 11.7 Å². The third kappa shape index (κ3) is 14.2. The number of carbonyl (C=O) groups is 4. The van der Waals surface area contributed by atoms with Crippen LogP contribution in [0.1, 0.15) is 144 Å². The van der Waals surface area contributed by atoms with Crippen molar-refractivity contribution in [1.29, 1.82) is 0 Å². The number of nitrogens with zero attached hydrogens (tertiary/aromatic N) is 2. The number of rotatable bonds is 6. The molecule has 15 atom stereocenters. The van der Waals surface area contributed by atoms with Crippen LogP contribution in [0.15, 0.2) is 71.9 Å². The van der Waals surface area contributed by atoms with Crippen molar-refractivity contribution in [2.45, 2.75) is 199 Å². The molecular formula is C59H88N2O11. The number of aryl methyl sites for hydroxylation is 1. The third-order valence-corrected chi connectivity index (χ3v) is 16.8. The Balaban J connectivity index is 1.33. The fourth-order valence-electron chi connectivity index (χ4n) is 12.3. The lowest BCUT2D eigenvalue weighted by molar-refractivity contribution is -0.263. The Kier molecular flexibility index (Phi) is 21.1. The zero-order valence-electron chi connectivity index (χ0n) is 44.9. The summed E-state index contributed by atoms with van der Waals surface area (Å²) in [5.41, 5.74) is 4.10. The average Bonchev–Trinajstić information content (AvgIpc) is 3.37. The highest BCUT2D eigenvalue weighted by atomic mass is 16.6. The van der Waals surface area contributed by atoms with E-state index in [1.54, 1.807) is 14.0 Å². The second kappa shape index (κ2) is 26.5. The van der Waals surface area contributed by atoms with E-state index in [2.05, 4.69) is 56.0 Å². The topological polar surface area (TPSA) is 172 Å². The standard InChI is InChI=1S/C59H88N2O11/c1-37-18-11-10-12-19-39(3)49(60-31-17-21-45-20-13-14-22-47(45)60)36-46-27-25-43(7)59(68,72-46)56(65)57(66)61-30-16-15-23-48(61)58(67)71-51(40(4)34-44-26-28-50(62)52(35-44)69-8)29-24-38(2)33-42(6)54(64)55(70-9)53(63)41(5)32-37/h10-14,18-20,22,33,37-38,40-41,43-44,46,48-52,54-55,62,64,68H,15-17,21,23-32,34-36H2,1-9H3/b12-10+,18-11+,39-19+,42-33+/t37-,38+,40-,41-,43-,44-,46+,48+,49?,50-,51+,52-,54-,55+,59-/m1/s1. The molecule has 72 heavy (non-hydrogen) atoms. The third-order valence-electron chi connectivity index (χ3n) is 16.8. The number of hydrogen-bond acceptors (Lipinski definition) is 12. The van der Waals surface area contributed by atoms with Gasteiger partial charge in [0.05, 0.1) is 24.4 Å². The van der Waals surface area contributed by atoms with Crippen molar-refractivity contribution in [3.8, 4) is 0 Å². The predicted octanol–water partition coefficient (Wildman–Crippen LogP) is 8.81. The van der Waals surface area contributed by atoms with E-state index in [0.29, 0.717) is 76.2 Å². The summed E-state index contributed by atoms with van der Waals surface area (Å²) in [6, 6.07) is 7.25. The molecule has 2 bridgehead atoms. The number of amides is 1. The fourth-order valence-corrected chi connectivity index (χ4v) is 12.3. The monoisotopic (exact) mass is 1000 g/mol. The minimum absolute atomic E-state index is 0.0640. The molecule has 1 aliphatic carbocycles. The fraction of sp³-hybridized carbons (Fsp3) is 0.695. The Morgan fingerprint density at radius 1 is 0.778 bits per heavy atom. The first-order valence-electron chi connectivity index (χ1n) is 27.3. The number of methoxy groups -OCH3 is 2. The molecule has 1 saturated carbocycles. The van der Waals surface area contributed by atoms with Gasteiger partial charge in [-0.2, -0.15) is 0 Å². The van der Waals surface area contributed by atoms with Crippen LogP contribution in [-0.2, 0) is 44.5 Å². The van der Waals surface area contributed by atoms with E-state index < -0.39 is 65.9 Å². The molecule has 3 N–H and O–H groups in total. The van der Waals surface area contributed by atoms with E-state index in [-0.39, 0.29) is 54.1 Å². The molecule has 3 fully saturated rings. The number of allylic oxidation sites excluding steroid dienone is 6. The SMILES string of the molecule is CO[C@@H]1C[C@@H](C[C@@H](C)[C@@H]2CC[C@H](C)/C=C(\C)[C@@H](O)[C@@H](OC)C(=O)[C@H](C)C[C@H](C)/C=C/C=C/C=C(\C)C(N3CCCc4ccccc43)C[C@@H]3CC[C@@H](C)[C@@](O)(O3)C(=O)C(=O)N3CCCC[C@H]3C(=O)O2)CC[C@H]1O. The quantitative estimate of drug-likeness (QED) is 0.141. The smallest absolute Gasteiger partial charge is 0.329 e. The molecule has 0 aromatic heterocycles. The highest BCUT2D eigenvalue weighted by Gasteiger charge is 2.53. The summed E-state index contributed by atoms with van der Waals surface area (Å²) < 4.78 is 24.3. The highest BCUT2D eigenvalue weighted by Crippen LogP contribution is 2.40. The summed E-state index contributed by atoms with van der Waals surface area (Å²) in [7, 11) is 3.07. The number of ether oxygens (including phenoxy) is 4. The molecule has 6 rings (SSSR count). The molecule has 5 aliphatic rings. The first-order valence-corrected chi connectivity index (χ1v) is 27.3. The van der Waals surface area contributed by atoms with Gasteiger partial charge in [-0.25, -0.2) is 4.79 Å². The molecule has 13 nitrogen and oxygen atoms in total. The number of piperidine rings is 1. The van der Waals surface area contributed by atoms with Gasteiger partial charge < -0.3 is 44.1 Å². The molecule has 1 unspecified atom stereocenters. The minimum Gasteiger partial charge on any atom is -0.461 e. The molecular weight excluding hydrogens is 913 g/mol. The Labute approximate surface area is 430 Å². The molecule has 400 valence electrons. The molecule has 4 heterocycles. The van der Waals surface area contributed by atoms with Crippen LogP contribution in [0.5, 0.6) is 0 Å². The number of esters is 1. The van der Waals surface area contributed by atoms with Crippen molar-refractivity contribution in [2.24, 2.45) is 35.5 Å². The van der Waals surface area contributed by atoms with E-state index in [1.807, 2.05) is 51.1 Å². The van der Waals surface area contributed by atoms with Crippen LogP contribution in [0.4, 0.5) is 5.69 Å². The van der Waals surface area contributed by atoms with Crippen molar-refractivity contribution < 1.29 is 53.4 Å². The summed E-state index contributed by atoms with van der Waals surface area (Å²) in [5, 5.41) is 34.5. The predicted molar refractivity (Wildman–Crippen MR) is 280 cm³/mol. The van der Waals surface area contributed by atoms with Crippen LogP contribution in [0.2, 0.25) is 0 Å². The Morgan fingerprint density at radius 2 is 1.53 bits per heavy atom. The molecule has 13 heteroatoms. The number of ketones is 2. The number of cyclic esters (lactones) is 1. The molecule has 1 aromatic carbocycles. The van der Waals surface area contributed by atoms with Gasteiger partial charge in [-0.3, -0.25) is 14.4 Å². The maximum atomic E-state index is 14.6. The van der Waals surface area contributed by atoms with Crippen LogP contribution in [-0.4, -0.2) is 125 Å². The van der Waals surface area contributed by atoms with Crippen molar-refractivity contribution in [1.82, 2.24) is 4.90 Å². The van der Waals surface area contributed by atoms with Crippen molar-refractivity contribution in [3.05, 3.63) is 77.4 Å². The number of para-hydroxylation sites is 1. The van der Waals surface area contributed by atoms with Crippen LogP contribution in [0, 0.1) is 35.5 Å². The van der Waals surface area contributed by atoms with Crippen LogP contribution < -0.4 is 4.90 Å². The normalized spacial score (nSPS) is 38.5. The summed E-state index contributed by atoms with van der Waals surface area (Å²) in [5.74, 6) is -6.04. The molecule has 0 spiro atoms. The van der Waals surface area contributed by atoms with Gasteiger partial charge in [-0.1, -0.05) is 94.8 Å². The number of Topliss-reactive ketones (excluding diaryl/α,β-unsaturated/α-hetero) is 2. The summed E-state index contributed by atoms with van der Waals surface area (Å²) in [4.78, 5) is 61.4. The maximum Gasteiger partial charge on any atom is 0.329 e. The highest BCUT2D eigenvalue weighted by molar-refractivity contribution is 6.39. The van der Waals surface area contributed by atoms with Gasteiger partial charge in [0.1, 0.15) is 24.4 Å². The van der Waals surface area contributed by atoms with E-state index in [9.17, 15) is 34.5 Å². The summed E-state index contributed by atoms with van der Waals surface area (Å²) in [6.45, 7) is 14.7. The first-order chi connectivity index (χ1) is 34.4. The van der Waals surface area contributed by atoms with E-state index >= 15 is 0 Å². The number of benzene rings is 1.